The van der Waals surface area contributed by atoms with E-state index in [4.69, 9.17) is 5.26 Å². The first-order chi connectivity index (χ1) is 18.6. The van der Waals surface area contributed by atoms with Crippen molar-refractivity contribution in [2.45, 2.75) is 126 Å². The van der Waals surface area contributed by atoms with Crippen molar-refractivity contribution < 1.29 is 5.11 Å². The third-order valence-corrected chi connectivity index (χ3v) is 9.95. The van der Waals surface area contributed by atoms with Crippen LogP contribution in [-0.2, 0) is 25.9 Å². The highest BCUT2D eigenvalue weighted by Gasteiger charge is 2.39. The van der Waals surface area contributed by atoms with Crippen LogP contribution in [0.5, 0.6) is 0 Å². The van der Waals surface area contributed by atoms with Crippen LogP contribution in [0.4, 0.5) is 0 Å². The molecule has 3 unspecified atom stereocenters. The van der Waals surface area contributed by atoms with Crippen molar-refractivity contribution in [2.24, 2.45) is 28.6 Å². The molecule has 39 heavy (non-hydrogen) atoms. The van der Waals surface area contributed by atoms with E-state index >= 15 is 0 Å². The van der Waals surface area contributed by atoms with Gasteiger partial charge in [-0.05, 0) is 95.8 Å². The molecule has 0 aromatic heterocycles. The lowest BCUT2D eigenvalue weighted by atomic mass is 9.59. The van der Waals surface area contributed by atoms with Gasteiger partial charge in [-0.3, -0.25) is 0 Å². The molecule has 2 aromatic rings. The van der Waals surface area contributed by atoms with Crippen LogP contribution >= 0.6 is 0 Å². The van der Waals surface area contributed by atoms with Crippen LogP contribution in [0.1, 0.15) is 122 Å². The van der Waals surface area contributed by atoms with Crippen LogP contribution in [-0.4, -0.2) is 5.11 Å². The largest absolute Gasteiger partial charge is 0.392 e. The summed E-state index contributed by atoms with van der Waals surface area (Å²) in [6, 6.07) is 19.3. The number of hydrogen-bond acceptors (Lipinski definition) is 2. The fourth-order valence-corrected chi connectivity index (χ4v) is 7.29. The molecule has 0 bridgehead atoms. The first-order valence-corrected chi connectivity index (χ1v) is 15.7. The maximum Gasteiger partial charge on any atom is 0.0681 e. The van der Waals surface area contributed by atoms with Gasteiger partial charge in [0.15, 0.2) is 0 Å². The Labute approximate surface area is 241 Å². The lowest BCUT2D eigenvalue weighted by Gasteiger charge is -2.46. The number of aliphatic hydroxyl groups is 1. The van der Waals surface area contributed by atoms with Crippen LogP contribution in [0.15, 0.2) is 48.5 Å². The van der Waals surface area contributed by atoms with E-state index in [0.29, 0.717) is 23.2 Å². The second kappa shape index (κ2) is 16.2. The van der Waals surface area contributed by atoms with Crippen molar-refractivity contribution in [3.8, 4) is 6.07 Å². The zero-order valence-electron chi connectivity index (χ0n) is 26.2. The van der Waals surface area contributed by atoms with Gasteiger partial charge in [0.2, 0.25) is 0 Å². The number of hydrogen-bond donors (Lipinski definition) is 1. The Hall–Kier alpha value is -2.11. The fraction of sp³-hybridized carbons (Fsp3) is 0.649. The molecule has 0 spiro atoms. The molecule has 0 saturated heterocycles. The van der Waals surface area contributed by atoms with Crippen LogP contribution in [0, 0.1) is 39.9 Å². The molecule has 2 heteroatoms. The van der Waals surface area contributed by atoms with Gasteiger partial charge in [-0.1, -0.05) is 116 Å². The normalized spacial score (nSPS) is 14.5. The Balaban J connectivity index is 1.98. The number of rotatable bonds is 18. The molecule has 0 heterocycles. The second-order valence-corrected chi connectivity index (χ2v) is 13.2. The molecule has 2 aromatic carbocycles. The topological polar surface area (TPSA) is 44.0 Å². The van der Waals surface area contributed by atoms with Gasteiger partial charge in [-0.25, -0.2) is 0 Å². The summed E-state index contributed by atoms with van der Waals surface area (Å²) in [4.78, 5) is 0. The Morgan fingerprint density at radius 2 is 1.21 bits per heavy atom. The van der Waals surface area contributed by atoms with E-state index in [0.717, 1.165) is 35.8 Å². The van der Waals surface area contributed by atoms with Crippen LogP contribution < -0.4 is 0 Å². The molecule has 216 valence electrons. The monoisotopic (exact) mass is 531 g/mol. The van der Waals surface area contributed by atoms with Crippen LogP contribution in [0.25, 0.3) is 0 Å². The molecule has 0 aliphatic rings. The van der Waals surface area contributed by atoms with E-state index in [2.05, 4.69) is 97.0 Å². The molecule has 0 saturated carbocycles. The highest BCUT2D eigenvalue weighted by Crippen LogP contribution is 2.49. The fourth-order valence-electron chi connectivity index (χ4n) is 7.29. The summed E-state index contributed by atoms with van der Waals surface area (Å²) in [5, 5.41) is 18.5. The van der Waals surface area contributed by atoms with E-state index in [1.54, 1.807) is 0 Å². The van der Waals surface area contributed by atoms with E-state index in [9.17, 15) is 5.11 Å². The second-order valence-electron chi connectivity index (χ2n) is 13.2. The summed E-state index contributed by atoms with van der Waals surface area (Å²) in [6.07, 6.45) is 12.7. The van der Waals surface area contributed by atoms with Gasteiger partial charge in [-0.15, -0.1) is 0 Å². The number of aliphatic hydroxyl groups excluding tert-OH is 1. The minimum Gasteiger partial charge on any atom is -0.392 e. The predicted molar refractivity (Wildman–Crippen MR) is 168 cm³/mol. The summed E-state index contributed by atoms with van der Waals surface area (Å²) in [7, 11) is 0. The molecule has 0 amide bonds. The number of nitriles is 1. The zero-order chi connectivity index (χ0) is 28.9. The summed E-state index contributed by atoms with van der Waals surface area (Å²) >= 11 is 0. The van der Waals surface area contributed by atoms with E-state index in [-0.39, 0.29) is 6.61 Å². The standard InChI is InChI=1S/C37H57NO/c1-8-33(21-13-18-29-15-11-17-31(25-29)23-24-38)36(4,5)27-35(10-3)37(6,7)34(9-2)22-14-19-30-16-12-20-32(26-30)28-39/h11-12,15-17,20,25-26,33-35,39H,8-10,13-14,18-19,21-23,27-28H2,1-7H3. The van der Waals surface area contributed by atoms with Crippen LogP contribution in [0.3, 0.4) is 0 Å². The molecule has 0 aliphatic heterocycles. The maximum absolute atomic E-state index is 9.48. The zero-order valence-corrected chi connectivity index (χ0v) is 26.2. The van der Waals surface area contributed by atoms with E-state index in [1.165, 1.54) is 62.5 Å². The van der Waals surface area contributed by atoms with Crippen molar-refractivity contribution in [1.82, 2.24) is 0 Å². The Kier molecular flexibility index (Phi) is 13.8. The molecular formula is C37H57NO. The summed E-state index contributed by atoms with van der Waals surface area (Å²) in [5.74, 6) is 2.16. The summed E-state index contributed by atoms with van der Waals surface area (Å²) < 4.78 is 0. The van der Waals surface area contributed by atoms with Gasteiger partial charge in [0, 0.05) is 0 Å². The number of aryl methyl sites for hydroxylation is 2. The first-order valence-electron chi connectivity index (χ1n) is 15.7. The first kappa shape index (κ1) is 33.1. The molecule has 0 aliphatic carbocycles. The van der Waals surface area contributed by atoms with Gasteiger partial charge >= 0.3 is 0 Å². The van der Waals surface area contributed by atoms with Crippen molar-refractivity contribution >= 4 is 0 Å². The van der Waals surface area contributed by atoms with E-state index in [1.807, 2.05) is 6.07 Å². The SMILES string of the molecule is CCC(CCCc1cccc(CC#N)c1)C(C)(C)CC(CC)C(C)(C)C(CC)CCCc1cccc(CO)c1. The quantitative estimate of drug-likeness (QED) is 0.208. The minimum absolute atomic E-state index is 0.126. The predicted octanol–water partition coefficient (Wildman–Crippen LogP) is 10.1. The van der Waals surface area contributed by atoms with Crippen molar-refractivity contribution in [3.05, 3.63) is 70.8 Å². The van der Waals surface area contributed by atoms with Crippen molar-refractivity contribution in [2.75, 3.05) is 0 Å². The van der Waals surface area contributed by atoms with Gasteiger partial charge in [0.1, 0.15) is 0 Å². The molecule has 2 nitrogen and oxygen atoms in total. The third kappa shape index (κ3) is 10.1. The van der Waals surface area contributed by atoms with Crippen molar-refractivity contribution in [3.63, 3.8) is 0 Å². The van der Waals surface area contributed by atoms with Gasteiger partial charge < -0.3 is 5.11 Å². The number of benzene rings is 2. The lowest BCUT2D eigenvalue weighted by Crippen LogP contribution is -2.37. The highest BCUT2D eigenvalue weighted by atomic mass is 16.3. The smallest absolute Gasteiger partial charge is 0.0681 e. The summed E-state index contributed by atoms with van der Waals surface area (Å²) in [5.41, 5.74) is 5.51. The molecule has 1 N–H and O–H groups in total. The van der Waals surface area contributed by atoms with E-state index < -0.39 is 0 Å². The lowest BCUT2D eigenvalue weighted by molar-refractivity contribution is 0.0392. The minimum atomic E-state index is 0.126. The summed E-state index contributed by atoms with van der Waals surface area (Å²) in [6.45, 7) is 17.5. The number of nitrogens with zero attached hydrogens (tertiary/aromatic N) is 1. The average molecular weight is 532 g/mol. The average Bonchev–Trinajstić information content (AvgIpc) is 2.92. The molecule has 0 radical (unpaired) electrons. The molecule has 0 fully saturated rings. The highest BCUT2D eigenvalue weighted by molar-refractivity contribution is 5.25. The maximum atomic E-state index is 9.48. The van der Waals surface area contributed by atoms with Gasteiger partial charge in [0.25, 0.3) is 0 Å². The Morgan fingerprint density at radius 1 is 0.718 bits per heavy atom. The molecular weight excluding hydrogens is 474 g/mol. The van der Waals surface area contributed by atoms with Crippen molar-refractivity contribution in [1.29, 1.82) is 5.26 Å². The third-order valence-electron chi connectivity index (χ3n) is 9.95. The molecule has 3 atom stereocenters. The van der Waals surface area contributed by atoms with Gasteiger partial charge in [0.05, 0.1) is 19.1 Å². The van der Waals surface area contributed by atoms with Crippen LogP contribution in [0.2, 0.25) is 0 Å². The Bertz CT molecular complexity index is 1010. The van der Waals surface area contributed by atoms with Gasteiger partial charge in [-0.2, -0.15) is 5.26 Å². The Morgan fingerprint density at radius 3 is 1.72 bits per heavy atom. The molecule has 2 rings (SSSR count).